The zero-order valence-electron chi connectivity index (χ0n) is 11.3. The Labute approximate surface area is 102 Å². The van der Waals surface area contributed by atoms with Crippen molar-refractivity contribution in [3.8, 4) is 0 Å². The van der Waals surface area contributed by atoms with E-state index in [-0.39, 0.29) is 5.60 Å². The van der Waals surface area contributed by atoms with E-state index in [9.17, 15) is 5.11 Å². The minimum absolute atomic E-state index is 0.292. The van der Waals surface area contributed by atoms with E-state index in [1.807, 2.05) is 0 Å². The van der Waals surface area contributed by atoms with Gasteiger partial charge in [0.25, 0.3) is 0 Å². The third-order valence-corrected chi connectivity index (χ3v) is 4.38. The van der Waals surface area contributed by atoms with Gasteiger partial charge in [0.1, 0.15) is 0 Å². The molecule has 0 amide bonds. The largest absolute Gasteiger partial charge is 0.390 e. The van der Waals surface area contributed by atoms with Crippen molar-refractivity contribution in [2.24, 2.45) is 5.92 Å². The van der Waals surface area contributed by atoms with E-state index in [0.717, 1.165) is 19.3 Å². The first-order valence-corrected chi connectivity index (χ1v) is 7.45. The average Bonchev–Trinajstić information content (AvgIpc) is 2.65. The lowest BCUT2D eigenvalue weighted by atomic mass is 9.84. The van der Waals surface area contributed by atoms with Gasteiger partial charge < -0.3 is 5.11 Å². The smallest absolute Gasteiger partial charge is 0.0675 e. The molecule has 1 fully saturated rings. The van der Waals surface area contributed by atoms with Gasteiger partial charge in [-0.1, -0.05) is 65.2 Å². The van der Waals surface area contributed by atoms with Crippen LogP contribution in [-0.4, -0.2) is 10.7 Å². The molecule has 0 aromatic rings. The minimum atomic E-state index is -0.292. The van der Waals surface area contributed by atoms with E-state index in [1.165, 1.54) is 51.4 Å². The molecule has 1 saturated carbocycles. The molecule has 0 spiro atoms. The Morgan fingerprint density at radius 3 is 2.44 bits per heavy atom. The molecule has 2 unspecified atom stereocenters. The second-order valence-electron chi connectivity index (χ2n) is 5.62. The molecule has 0 heterocycles. The summed E-state index contributed by atoms with van der Waals surface area (Å²) in [5.41, 5.74) is -0.292. The summed E-state index contributed by atoms with van der Waals surface area (Å²) in [6.45, 7) is 4.48. The Bertz CT molecular complexity index is 178. The highest BCUT2D eigenvalue weighted by molar-refractivity contribution is 4.91. The molecule has 0 radical (unpaired) electrons. The van der Waals surface area contributed by atoms with E-state index in [0.29, 0.717) is 5.92 Å². The van der Waals surface area contributed by atoms with Crippen molar-refractivity contribution in [2.45, 2.75) is 90.1 Å². The molecule has 1 N–H and O–H groups in total. The Balaban J connectivity index is 2.11. The summed E-state index contributed by atoms with van der Waals surface area (Å²) in [5.74, 6) is 0.586. The van der Waals surface area contributed by atoms with Gasteiger partial charge in [-0.05, 0) is 25.2 Å². The molecule has 0 bridgehead atoms. The first-order chi connectivity index (χ1) is 7.73. The highest BCUT2D eigenvalue weighted by atomic mass is 16.3. The van der Waals surface area contributed by atoms with Crippen LogP contribution in [0.15, 0.2) is 0 Å². The van der Waals surface area contributed by atoms with Crippen LogP contribution in [-0.2, 0) is 0 Å². The van der Waals surface area contributed by atoms with Crippen molar-refractivity contribution in [1.82, 2.24) is 0 Å². The summed E-state index contributed by atoms with van der Waals surface area (Å²) in [7, 11) is 0. The number of hydrogen-bond donors (Lipinski definition) is 1. The maximum Gasteiger partial charge on any atom is 0.0675 e. The predicted molar refractivity (Wildman–Crippen MR) is 70.6 cm³/mol. The number of aliphatic hydroxyl groups is 1. The van der Waals surface area contributed by atoms with Gasteiger partial charge in [-0.15, -0.1) is 0 Å². The lowest BCUT2D eigenvalue weighted by Gasteiger charge is -2.29. The molecule has 1 aliphatic carbocycles. The number of hydrogen-bond acceptors (Lipinski definition) is 1. The fraction of sp³-hybridized carbons (Fsp3) is 1.00. The number of rotatable bonds is 8. The normalized spacial score (nSPS) is 29.8. The molecule has 2 atom stereocenters. The van der Waals surface area contributed by atoms with Crippen LogP contribution in [0.5, 0.6) is 0 Å². The Morgan fingerprint density at radius 1 is 1.06 bits per heavy atom. The van der Waals surface area contributed by atoms with Crippen LogP contribution in [0, 0.1) is 5.92 Å². The molecule has 1 nitrogen and oxygen atoms in total. The van der Waals surface area contributed by atoms with Crippen molar-refractivity contribution >= 4 is 0 Å². The van der Waals surface area contributed by atoms with E-state index in [4.69, 9.17) is 0 Å². The molecule has 0 aromatic heterocycles. The summed E-state index contributed by atoms with van der Waals surface area (Å²) >= 11 is 0. The van der Waals surface area contributed by atoms with Crippen molar-refractivity contribution in [2.75, 3.05) is 0 Å². The standard InChI is InChI=1S/C15H30O/c1-3-5-6-7-8-9-12-15(16)13-10-11-14(15)4-2/h14,16H,3-13H2,1-2H3. The van der Waals surface area contributed by atoms with Crippen molar-refractivity contribution in [3.05, 3.63) is 0 Å². The first kappa shape index (κ1) is 14.0. The number of unbranched alkanes of at least 4 members (excludes halogenated alkanes) is 5. The SMILES string of the molecule is CCCCCCCCC1(O)CCCC1CC. The fourth-order valence-electron chi connectivity index (χ4n) is 3.25. The second kappa shape index (κ2) is 7.32. The molecule has 1 aliphatic rings. The maximum atomic E-state index is 10.6. The van der Waals surface area contributed by atoms with Gasteiger partial charge in [0, 0.05) is 0 Å². The quantitative estimate of drug-likeness (QED) is 0.596. The van der Waals surface area contributed by atoms with Gasteiger partial charge in [-0.25, -0.2) is 0 Å². The van der Waals surface area contributed by atoms with Crippen molar-refractivity contribution in [1.29, 1.82) is 0 Å². The van der Waals surface area contributed by atoms with Crippen LogP contribution in [0.2, 0.25) is 0 Å². The van der Waals surface area contributed by atoms with Gasteiger partial charge >= 0.3 is 0 Å². The first-order valence-electron chi connectivity index (χ1n) is 7.45. The van der Waals surface area contributed by atoms with Crippen LogP contribution >= 0.6 is 0 Å². The lowest BCUT2D eigenvalue weighted by Crippen LogP contribution is -2.32. The second-order valence-corrected chi connectivity index (χ2v) is 5.62. The molecule has 96 valence electrons. The summed E-state index contributed by atoms with van der Waals surface area (Å²) in [6.07, 6.45) is 13.8. The Hall–Kier alpha value is -0.0400. The van der Waals surface area contributed by atoms with E-state index in [1.54, 1.807) is 0 Å². The molecule has 1 rings (SSSR count). The topological polar surface area (TPSA) is 20.2 Å². The minimum Gasteiger partial charge on any atom is -0.390 e. The lowest BCUT2D eigenvalue weighted by molar-refractivity contribution is -0.00905. The molecule has 1 heteroatoms. The molecule has 0 aromatic carbocycles. The third kappa shape index (κ3) is 4.08. The Kier molecular flexibility index (Phi) is 6.41. The summed E-state index contributed by atoms with van der Waals surface area (Å²) in [6, 6.07) is 0. The average molecular weight is 226 g/mol. The summed E-state index contributed by atoms with van der Waals surface area (Å²) < 4.78 is 0. The summed E-state index contributed by atoms with van der Waals surface area (Å²) in [5, 5.41) is 10.6. The predicted octanol–water partition coefficient (Wildman–Crippen LogP) is 4.68. The highest BCUT2D eigenvalue weighted by Gasteiger charge is 2.38. The molecular weight excluding hydrogens is 196 g/mol. The molecule has 0 aliphatic heterocycles. The van der Waals surface area contributed by atoms with Crippen molar-refractivity contribution < 1.29 is 5.11 Å². The highest BCUT2D eigenvalue weighted by Crippen LogP contribution is 2.41. The van der Waals surface area contributed by atoms with E-state index < -0.39 is 0 Å². The van der Waals surface area contributed by atoms with Gasteiger partial charge in [0.15, 0.2) is 0 Å². The van der Waals surface area contributed by atoms with Crippen LogP contribution in [0.4, 0.5) is 0 Å². The monoisotopic (exact) mass is 226 g/mol. The van der Waals surface area contributed by atoms with Gasteiger partial charge in [0.05, 0.1) is 5.60 Å². The third-order valence-electron chi connectivity index (χ3n) is 4.38. The van der Waals surface area contributed by atoms with Crippen LogP contribution in [0.3, 0.4) is 0 Å². The van der Waals surface area contributed by atoms with Crippen LogP contribution in [0.1, 0.15) is 84.5 Å². The van der Waals surface area contributed by atoms with Crippen LogP contribution in [0.25, 0.3) is 0 Å². The zero-order chi connectivity index (χ0) is 11.9. The van der Waals surface area contributed by atoms with Crippen LogP contribution < -0.4 is 0 Å². The fourth-order valence-corrected chi connectivity index (χ4v) is 3.25. The Morgan fingerprint density at radius 2 is 1.75 bits per heavy atom. The van der Waals surface area contributed by atoms with Gasteiger partial charge in [-0.2, -0.15) is 0 Å². The maximum absolute atomic E-state index is 10.6. The summed E-state index contributed by atoms with van der Waals surface area (Å²) in [4.78, 5) is 0. The van der Waals surface area contributed by atoms with E-state index >= 15 is 0 Å². The van der Waals surface area contributed by atoms with Gasteiger partial charge in [-0.3, -0.25) is 0 Å². The molecule has 0 saturated heterocycles. The molecule has 16 heavy (non-hydrogen) atoms. The van der Waals surface area contributed by atoms with Crippen molar-refractivity contribution in [3.63, 3.8) is 0 Å². The molecular formula is C15H30O. The van der Waals surface area contributed by atoms with Gasteiger partial charge in [0.2, 0.25) is 0 Å². The zero-order valence-corrected chi connectivity index (χ0v) is 11.3. The van der Waals surface area contributed by atoms with E-state index in [2.05, 4.69) is 13.8 Å².